The molecule has 16 heavy (non-hydrogen) atoms. The van der Waals surface area contributed by atoms with E-state index >= 15 is 0 Å². The molecule has 92 valence electrons. The summed E-state index contributed by atoms with van der Waals surface area (Å²) in [5.41, 5.74) is 0. The van der Waals surface area contributed by atoms with E-state index in [1.165, 1.54) is 38.8 Å². The lowest BCUT2D eigenvalue weighted by Crippen LogP contribution is -2.42. The molecule has 0 aromatic carbocycles. The van der Waals surface area contributed by atoms with Crippen molar-refractivity contribution < 1.29 is 8.97 Å². The van der Waals surface area contributed by atoms with E-state index < -0.39 is 0 Å². The van der Waals surface area contributed by atoms with E-state index in [2.05, 4.69) is 40.0 Å². The molecular weight excluding hydrogens is 196 g/mol. The van der Waals surface area contributed by atoms with E-state index in [1.54, 1.807) is 0 Å². The summed E-state index contributed by atoms with van der Waals surface area (Å²) < 4.78 is 2.11. The standard InChI is InChI=1S/C14H28N2/c1-15(2)11-7-5-6-8-12-16(3,4)14-10-9-13-15/h5-8,11-14H2,1-4H3/q+2. The number of nitrogens with zero attached hydrogens (tertiary/aromatic N) is 2. The summed E-state index contributed by atoms with van der Waals surface area (Å²) >= 11 is 0. The molecule has 1 rings (SSSR count). The first-order chi connectivity index (χ1) is 7.41. The summed E-state index contributed by atoms with van der Waals surface area (Å²) in [6.07, 6.45) is 5.47. The van der Waals surface area contributed by atoms with Crippen molar-refractivity contribution in [2.75, 3.05) is 54.4 Å². The van der Waals surface area contributed by atoms with Crippen LogP contribution in [0.4, 0.5) is 0 Å². The highest BCUT2D eigenvalue weighted by Crippen LogP contribution is 2.08. The van der Waals surface area contributed by atoms with Gasteiger partial charge in [-0.1, -0.05) is 0 Å². The van der Waals surface area contributed by atoms with Crippen LogP contribution in [0.5, 0.6) is 0 Å². The minimum Gasteiger partial charge on any atom is -0.318 e. The molecule has 0 N–H and O–H groups in total. The molecule has 0 unspecified atom stereocenters. The molecule has 0 aromatic heterocycles. The minimum atomic E-state index is 1.00. The number of rotatable bonds is 0. The van der Waals surface area contributed by atoms with Crippen molar-refractivity contribution in [2.24, 2.45) is 0 Å². The molecule has 0 bridgehead atoms. The van der Waals surface area contributed by atoms with Crippen LogP contribution in [0, 0.1) is 11.8 Å². The van der Waals surface area contributed by atoms with Crippen molar-refractivity contribution in [3.8, 4) is 11.8 Å². The maximum absolute atomic E-state index is 3.36. The fraction of sp³-hybridized carbons (Fsp3) is 0.857. The molecule has 0 radical (unpaired) electrons. The highest BCUT2D eigenvalue weighted by molar-refractivity contribution is 4.99. The smallest absolute Gasteiger partial charge is 0.140 e. The average Bonchev–Trinajstić information content (AvgIpc) is 2.17. The van der Waals surface area contributed by atoms with Gasteiger partial charge in [0, 0.05) is 0 Å². The van der Waals surface area contributed by atoms with E-state index in [-0.39, 0.29) is 0 Å². The predicted molar refractivity (Wildman–Crippen MR) is 69.9 cm³/mol. The van der Waals surface area contributed by atoms with E-state index in [4.69, 9.17) is 0 Å². The van der Waals surface area contributed by atoms with Gasteiger partial charge in [-0.15, -0.1) is 0 Å². The van der Waals surface area contributed by atoms with Crippen LogP contribution in [0.2, 0.25) is 0 Å². The van der Waals surface area contributed by atoms with Gasteiger partial charge in [-0.05, 0) is 37.5 Å². The van der Waals surface area contributed by atoms with Crippen molar-refractivity contribution >= 4 is 0 Å². The van der Waals surface area contributed by atoms with Gasteiger partial charge in [0.1, 0.15) is 13.1 Å². The van der Waals surface area contributed by atoms with E-state index in [0.29, 0.717) is 0 Å². The topological polar surface area (TPSA) is 0 Å². The molecule has 2 heteroatoms. The van der Waals surface area contributed by atoms with Gasteiger partial charge in [-0.3, -0.25) is 0 Å². The molecule has 1 aliphatic rings. The van der Waals surface area contributed by atoms with Crippen LogP contribution in [0.1, 0.15) is 25.7 Å². The zero-order valence-corrected chi connectivity index (χ0v) is 11.6. The van der Waals surface area contributed by atoms with Crippen LogP contribution in [-0.4, -0.2) is 63.3 Å². The highest BCUT2D eigenvalue weighted by Gasteiger charge is 2.15. The lowest BCUT2D eigenvalue weighted by molar-refractivity contribution is -0.885. The zero-order valence-electron chi connectivity index (χ0n) is 11.6. The first kappa shape index (κ1) is 13.5. The summed E-state index contributed by atoms with van der Waals surface area (Å²) in [5.74, 6) is 6.71. The first-order valence-electron chi connectivity index (χ1n) is 6.51. The van der Waals surface area contributed by atoms with Gasteiger partial charge in [-0.2, -0.15) is 0 Å². The average molecular weight is 224 g/mol. The van der Waals surface area contributed by atoms with Gasteiger partial charge < -0.3 is 8.97 Å². The Hall–Kier alpha value is -0.520. The van der Waals surface area contributed by atoms with E-state index in [1.807, 2.05) is 0 Å². The molecule has 0 fully saturated rings. The second-order valence-corrected chi connectivity index (χ2v) is 6.40. The lowest BCUT2D eigenvalue weighted by atomic mass is 10.1. The normalized spacial score (nSPS) is 25.8. The second kappa shape index (κ2) is 5.70. The predicted octanol–water partition coefficient (Wildman–Crippen LogP) is 1.72. The molecule has 0 aliphatic carbocycles. The third-order valence-electron chi connectivity index (χ3n) is 3.42. The fourth-order valence-electron chi connectivity index (χ4n) is 2.13. The quantitative estimate of drug-likeness (QED) is 0.434. The Morgan fingerprint density at radius 2 is 1.00 bits per heavy atom. The van der Waals surface area contributed by atoms with Gasteiger partial charge in [0.2, 0.25) is 0 Å². The zero-order chi connectivity index (χ0) is 12.1. The molecule has 0 atom stereocenters. The van der Waals surface area contributed by atoms with Crippen molar-refractivity contribution in [1.29, 1.82) is 0 Å². The molecule has 0 saturated heterocycles. The highest BCUT2D eigenvalue weighted by atomic mass is 15.3. The van der Waals surface area contributed by atoms with Gasteiger partial charge >= 0.3 is 0 Å². The number of hydrogen-bond acceptors (Lipinski definition) is 0. The number of quaternary nitrogens is 2. The largest absolute Gasteiger partial charge is 0.318 e. The second-order valence-electron chi connectivity index (χ2n) is 6.40. The van der Waals surface area contributed by atoms with Gasteiger partial charge in [0.25, 0.3) is 0 Å². The maximum Gasteiger partial charge on any atom is 0.140 e. The Labute approximate surface area is 101 Å². The van der Waals surface area contributed by atoms with Crippen molar-refractivity contribution in [1.82, 2.24) is 0 Å². The fourth-order valence-corrected chi connectivity index (χ4v) is 2.13. The minimum absolute atomic E-state index is 1.00. The van der Waals surface area contributed by atoms with Crippen LogP contribution < -0.4 is 0 Å². The van der Waals surface area contributed by atoms with Crippen molar-refractivity contribution in [3.63, 3.8) is 0 Å². The maximum atomic E-state index is 3.36. The lowest BCUT2D eigenvalue weighted by Gasteiger charge is -2.29. The Bertz CT molecular complexity index is 242. The molecule has 0 amide bonds. The van der Waals surface area contributed by atoms with Crippen LogP contribution in [-0.2, 0) is 0 Å². The van der Waals surface area contributed by atoms with Crippen molar-refractivity contribution in [2.45, 2.75) is 25.7 Å². The Morgan fingerprint density at radius 1 is 0.625 bits per heavy atom. The summed E-state index contributed by atoms with van der Waals surface area (Å²) in [7, 11) is 9.17. The van der Waals surface area contributed by atoms with Crippen LogP contribution in [0.15, 0.2) is 0 Å². The Kier molecular flexibility index (Phi) is 4.83. The first-order valence-corrected chi connectivity index (χ1v) is 6.51. The molecule has 0 spiro atoms. The van der Waals surface area contributed by atoms with Gasteiger partial charge in [0.15, 0.2) is 0 Å². The van der Waals surface area contributed by atoms with Gasteiger partial charge in [-0.25, -0.2) is 0 Å². The van der Waals surface area contributed by atoms with E-state index in [0.717, 1.165) is 22.1 Å². The van der Waals surface area contributed by atoms with Crippen LogP contribution >= 0.6 is 0 Å². The Morgan fingerprint density at radius 3 is 1.38 bits per heavy atom. The third kappa shape index (κ3) is 5.53. The molecule has 0 saturated carbocycles. The van der Waals surface area contributed by atoms with Crippen LogP contribution in [0.25, 0.3) is 0 Å². The summed E-state index contributed by atoms with van der Waals surface area (Å²) in [6.45, 7) is 4.54. The summed E-state index contributed by atoms with van der Waals surface area (Å²) in [4.78, 5) is 0. The molecule has 1 heterocycles. The molecule has 2 nitrogen and oxygen atoms in total. The van der Waals surface area contributed by atoms with Crippen molar-refractivity contribution in [3.05, 3.63) is 0 Å². The molecule has 1 aliphatic heterocycles. The number of hydrogen-bond donors (Lipinski definition) is 0. The summed E-state index contributed by atoms with van der Waals surface area (Å²) in [5, 5.41) is 0. The molecule has 0 aromatic rings. The Balaban J connectivity index is 2.59. The monoisotopic (exact) mass is 224 g/mol. The summed E-state index contributed by atoms with van der Waals surface area (Å²) in [6, 6.07) is 0. The third-order valence-corrected chi connectivity index (χ3v) is 3.42. The SMILES string of the molecule is C[N+]1(C)CC#CC[N+](C)(C)CCCCCC1. The van der Waals surface area contributed by atoms with E-state index in [9.17, 15) is 0 Å². The van der Waals surface area contributed by atoms with Crippen LogP contribution in [0.3, 0.4) is 0 Å². The van der Waals surface area contributed by atoms with Gasteiger partial charge in [0.05, 0.1) is 41.3 Å². The molecular formula is C14H28N2+2.